The number of nitrogens with two attached hydrogens (primary N) is 1. The maximum Gasteiger partial charge on any atom is 0.305 e. The number of hydrogen-bond acceptors (Lipinski definition) is 5. The zero-order chi connectivity index (χ0) is 15.2. The van der Waals surface area contributed by atoms with Gasteiger partial charge in [-0.15, -0.1) is 0 Å². The molecule has 0 bridgehead atoms. The number of rotatable bonds is 8. The van der Waals surface area contributed by atoms with E-state index in [0.717, 1.165) is 0 Å². The first kappa shape index (κ1) is 16.3. The van der Waals surface area contributed by atoms with Crippen molar-refractivity contribution < 1.29 is 18.3 Å². The van der Waals surface area contributed by atoms with Crippen LogP contribution in [0.3, 0.4) is 0 Å². The molecule has 0 amide bonds. The Morgan fingerprint density at radius 1 is 1.30 bits per heavy atom. The third-order valence-corrected chi connectivity index (χ3v) is 4.67. The van der Waals surface area contributed by atoms with E-state index in [1.807, 2.05) is 0 Å². The van der Waals surface area contributed by atoms with Gasteiger partial charge in [-0.1, -0.05) is 19.1 Å². The molecule has 0 unspecified atom stereocenters. The largest absolute Gasteiger partial charge is 0.481 e. The minimum absolute atomic E-state index is 0.0164. The molecule has 0 aliphatic heterocycles. The SMILES string of the molecule is CCS(=O)(=O)CCN(CCC(=O)O)c1ccccc1N. The van der Waals surface area contributed by atoms with Crippen LogP contribution in [0, 0.1) is 0 Å². The highest BCUT2D eigenvalue weighted by Gasteiger charge is 2.15. The molecule has 0 aliphatic rings. The number of hydrogen-bond donors (Lipinski definition) is 2. The van der Waals surface area contributed by atoms with Crippen LogP contribution in [0.5, 0.6) is 0 Å². The molecule has 0 aromatic heterocycles. The number of aliphatic carboxylic acids is 1. The molecule has 0 saturated carbocycles. The minimum Gasteiger partial charge on any atom is -0.481 e. The van der Waals surface area contributed by atoms with E-state index in [1.165, 1.54) is 0 Å². The van der Waals surface area contributed by atoms with Crippen LogP contribution >= 0.6 is 0 Å². The molecule has 7 heteroatoms. The van der Waals surface area contributed by atoms with E-state index in [0.29, 0.717) is 11.4 Å². The molecule has 0 heterocycles. The normalized spacial score (nSPS) is 11.2. The third-order valence-electron chi connectivity index (χ3n) is 2.99. The molecule has 3 N–H and O–H groups in total. The Morgan fingerprint density at radius 2 is 1.95 bits per heavy atom. The van der Waals surface area contributed by atoms with Crippen molar-refractivity contribution in [1.29, 1.82) is 0 Å². The van der Waals surface area contributed by atoms with Crippen LogP contribution in [0.1, 0.15) is 13.3 Å². The summed E-state index contributed by atoms with van der Waals surface area (Å²) in [5, 5.41) is 8.78. The number of nitrogens with zero attached hydrogens (tertiary/aromatic N) is 1. The molecule has 0 spiro atoms. The number of carbonyl (C=O) groups is 1. The molecule has 0 aliphatic carbocycles. The van der Waals surface area contributed by atoms with Gasteiger partial charge in [-0.05, 0) is 12.1 Å². The lowest BCUT2D eigenvalue weighted by molar-refractivity contribution is -0.136. The average Bonchev–Trinajstić information content (AvgIpc) is 2.40. The summed E-state index contributed by atoms with van der Waals surface area (Å²) < 4.78 is 23.2. The van der Waals surface area contributed by atoms with Crippen LogP contribution < -0.4 is 10.6 Å². The minimum atomic E-state index is -3.10. The number of para-hydroxylation sites is 2. The van der Waals surface area contributed by atoms with Crippen LogP contribution in [-0.2, 0) is 14.6 Å². The highest BCUT2D eigenvalue weighted by molar-refractivity contribution is 7.91. The van der Waals surface area contributed by atoms with Crippen molar-refractivity contribution in [2.45, 2.75) is 13.3 Å². The van der Waals surface area contributed by atoms with Crippen molar-refractivity contribution in [3.8, 4) is 0 Å². The van der Waals surface area contributed by atoms with Gasteiger partial charge in [0, 0.05) is 18.8 Å². The van der Waals surface area contributed by atoms with Crippen molar-refractivity contribution in [2.75, 3.05) is 35.2 Å². The second kappa shape index (κ2) is 7.14. The van der Waals surface area contributed by atoms with E-state index in [-0.39, 0.29) is 31.0 Å². The lowest BCUT2D eigenvalue weighted by Crippen LogP contribution is -2.32. The van der Waals surface area contributed by atoms with Crippen LogP contribution in [-0.4, -0.2) is 44.1 Å². The highest BCUT2D eigenvalue weighted by atomic mass is 32.2. The summed E-state index contributed by atoms with van der Waals surface area (Å²) in [6.07, 6.45) is -0.0689. The Hall–Kier alpha value is -1.76. The number of sulfone groups is 1. The number of carboxylic acid groups (broad SMARTS) is 1. The Labute approximate surface area is 119 Å². The standard InChI is InChI=1S/C13H20N2O4S/c1-2-20(18,19)10-9-15(8-7-13(16)17)12-6-4-3-5-11(12)14/h3-6H,2,7-10,14H2,1H3,(H,16,17). The Kier molecular flexibility index (Phi) is 5.82. The summed E-state index contributed by atoms with van der Waals surface area (Å²) in [5.41, 5.74) is 7.03. The lowest BCUT2D eigenvalue weighted by atomic mass is 10.2. The van der Waals surface area contributed by atoms with Gasteiger partial charge in [-0.2, -0.15) is 0 Å². The zero-order valence-corrected chi connectivity index (χ0v) is 12.3. The maximum atomic E-state index is 11.6. The Balaban J connectivity index is 2.86. The van der Waals surface area contributed by atoms with Crippen LogP contribution in [0.4, 0.5) is 11.4 Å². The highest BCUT2D eigenvalue weighted by Crippen LogP contribution is 2.22. The van der Waals surface area contributed by atoms with E-state index < -0.39 is 15.8 Å². The molecular weight excluding hydrogens is 280 g/mol. The van der Waals surface area contributed by atoms with Crippen molar-refractivity contribution >= 4 is 27.2 Å². The first-order valence-electron chi connectivity index (χ1n) is 6.37. The van der Waals surface area contributed by atoms with Gasteiger partial charge in [0.25, 0.3) is 0 Å². The van der Waals surface area contributed by atoms with Gasteiger partial charge in [-0.25, -0.2) is 8.42 Å². The molecule has 0 radical (unpaired) electrons. The maximum absolute atomic E-state index is 11.6. The monoisotopic (exact) mass is 300 g/mol. The Morgan fingerprint density at radius 3 is 2.50 bits per heavy atom. The second-order valence-electron chi connectivity index (χ2n) is 4.43. The van der Waals surface area contributed by atoms with Gasteiger partial charge in [0.2, 0.25) is 0 Å². The summed E-state index contributed by atoms with van der Waals surface area (Å²) >= 11 is 0. The second-order valence-corrected chi connectivity index (χ2v) is 6.90. The quantitative estimate of drug-likeness (QED) is 0.694. The lowest BCUT2D eigenvalue weighted by Gasteiger charge is -2.25. The van der Waals surface area contributed by atoms with Crippen molar-refractivity contribution in [1.82, 2.24) is 0 Å². The van der Waals surface area contributed by atoms with Crippen LogP contribution in [0.2, 0.25) is 0 Å². The van der Waals surface area contributed by atoms with E-state index in [9.17, 15) is 13.2 Å². The number of carboxylic acids is 1. The van der Waals surface area contributed by atoms with Gasteiger partial charge in [0.15, 0.2) is 9.84 Å². The summed E-state index contributed by atoms with van der Waals surface area (Å²) in [6.45, 7) is 2.05. The predicted octanol–water partition coefficient (Wildman–Crippen LogP) is 0.985. The summed E-state index contributed by atoms with van der Waals surface area (Å²) in [7, 11) is -3.10. The van der Waals surface area contributed by atoms with Crippen molar-refractivity contribution in [3.05, 3.63) is 24.3 Å². The number of nitrogen functional groups attached to an aromatic ring is 1. The van der Waals surface area contributed by atoms with Crippen LogP contribution in [0.25, 0.3) is 0 Å². The molecule has 0 saturated heterocycles. The van der Waals surface area contributed by atoms with E-state index >= 15 is 0 Å². The Bertz CT molecular complexity index is 557. The molecular formula is C13H20N2O4S. The topological polar surface area (TPSA) is 101 Å². The van der Waals surface area contributed by atoms with Gasteiger partial charge >= 0.3 is 5.97 Å². The van der Waals surface area contributed by atoms with Crippen LogP contribution in [0.15, 0.2) is 24.3 Å². The zero-order valence-electron chi connectivity index (χ0n) is 11.4. The first-order chi connectivity index (χ1) is 9.35. The molecule has 112 valence electrons. The van der Waals surface area contributed by atoms with Crippen molar-refractivity contribution in [3.63, 3.8) is 0 Å². The first-order valence-corrected chi connectivity index (χ1v) is 8.19. The van der Waals surface area contributed by atoms with Gasteiger partial charge < -0.3 is 15.7 Å². The fourth-order valence-corrected chi connectivity index (χ4v) is 2.54. The molecule has 6 nitrogen and oxygen atoms in total. The summed E-state index contributed by atoms with van der Waals surface area (Å²) in [4.78, 5) is 12.4. The molecule has 1 aromatic carbocycles. The predicted molar refractivity (Wildman–Crippen MR) is 79.6 cm³/mol. The van der Waals surface area contributed by atoms with Gasteiger partial charge in [-0.3, -0.25) is 4.79 Å². The number of anilines is 2. The molecule has 20 heavy (non-hydrogen) atoms. The fourth-order valence-electron chi connectivity index (χ4n) is 1.75. The molecule has 0 atom stereocenters. The molecule has 1 aromatic rings. The van der Waals surface area contributed by atoms with Gasteiger partial charge in [0.1, 0.15) is 0 Å². The summed E-state index contributed by atoms with van der Waals surface area (Å²) in [5.74, 6) is -0.871. The average molecular weight is 300 g/mol. The van der Waals surface area contributed by atoms with Crippen molar-refractivity contribution in [2.24, 2.45) is 0 Å². The van der Waals surface area contributed by atoms with Gasteiger partial charge in [0.05, 0.1) is 23.5 Å². The van der Waals surface area contributed by atoms with E-state index in [2.05, 4.69) is 0 Å². The number of benzene rings is 1. The fraction of sp³-hybridized carbons (Fsp3) is 0.462. The van der Waals surface area contributed by atoms with E-state index in [1.54, 1.807) is 36.1 Å². The molecule has 1 rings (SSSR count). The smallest absolute Gasteiger partial charge is 0.305 e. The molecule has 0 fully saturated rings. The summed E-state index contributed by atoms with van der Waals surface area (Å²) in [6, 6.07) is 7.03. The van der Waals surface area contributed by atoms with E-state index in [4.69, 9.17) is 10.8 Å². The third kappa shape index (κ3) is 5.08.